The minimum atomic E-state index is -0.460. The second kappa shape index (κ2) is 4.35. The van der Waals surface area contributed by atoms with Gasteiger partial charge in [-0.05, 0) is 36.4 Å². The SMILES string of the molecule is CCOC(=O)c1nc(Cl)nc2c(C)csc12. The first-order chi connectivity index (χ1) is 7.63. The Labute approximate surface area is 101 Å². The maximum Gasteiger partial charge on any atom is 0.358 e. The van der Waals surface area contributed by atoms with Gasteiger partial charge in [0.1, 0.15) is 0 Å². The molecule has 0 bridgehead atoms. The Kier molecular flexibility index (Phi) is 3.07. The number of esters is 1. The summed E-state index contributed by atoms with van der Waals surface area (Å²) in [6, 6.07) is 0. The fourth-order valence-corrected chi connectivity index (χ4v) is 2.48. The van der Waals surface area contributed by atoms with Crippen molar-refractivity contribution in [2.45, 2.75) is 13.8 Å². The number of carbonyl (C=O) groups excluding carboxylic acids is 1. The van der Waals surface area contributed by atoms with Crippen molar-refractivity contribution in [2.75, 3.05) is 6.61 Å². The molecular formula is C10H9ClN2O2S. The molecule has 2 heterocycles. The fraction of sp³-hybridized carbons (Fsp3) is 0.300. The molecule has 4 nitrogen and oxygen atoms in total. The summed E-state index contributed by atoms with van der Waals surface area (Å²) in [6.45, 7) is 3.97. The average molecular weight is 257 g/mol. The minimum Gasteiger partial charge on any atom is -0.461 e. The summed E-state index contributed by atoms with van der Waals surface area (Å²) in [7, 11) is 0. The second-order valence-electron chi connectivity index (χ2n) is 3.16. The molecule has 0 unspecified atom stereocenters. The summed E-state index contributed by atoms with van der Waals surface area (Å²) < 4.78 is 5.64. The van der Waals surface area contributed by atoms with Crippen LogP contribution in [0.1, 0.15) is 23.0 Å². The lowest BCUT2D eigenvalue weighted by molar-refractivity contribution is 0.0522. The number of aromatic nitrogens is 2. The van der Waals surface area contributed by atoms with Crippen LogP contribution in [0.25, 0.3) is 10.2 Å². The Morgan fingerprint density at radius 2 is 2.31 bits per heavy atom. The number of rotatable bonds is 2. The first kappa shape index (κ1) is 11.3. The highest BCUT2D eigenvalue weighted by Crippen LogP contribution is 2.27. The molecule has 2 aromatic heterocycles. The van der Waals surface area contributed by atoms with E-state index in [2.05, 4.69) is 9.97 Å². The summed E-state index contributed by atoms with van der Waals surface area (Å²) in [6.07, 6.45) is 0. The molecule has 0 fully saturated rings. The summed E-state index contributed by atoms with van der Waals surface area (Å²) in [5, 5.41) is 1.98. The van der Waals surface area contributed by atoms with E-state index in [4.69, 9.17) is 16.3 Å². The first-order valence-corrected chi connectivity index (χ1v) is 5.97. The number of hydrogen-bond acceptors (Lipinski definition) is 5. The van der Waals surface area contributed by atoms with E-state index < -0.39 is 5.97 Å². The summed E-state index contributed by atoms with van der Waals surface area (Å²) >= 11 is 7.19. The zero-order valence-electron chi connectivity index (χ0n) is 8.78. The highest BCUT2D eigenvalue weighted by atomic mass is 35.5. The van der Waals surface area contributed by atoms with E-state index >= 15 is 0 Å². The summed E-state index contributed by atoms with van der Waals surface area (Å²) in [4.78, 5) is 19.7. The third-order valence-electron chi connectivity index (χ3n) is 2.03. The lowest BCUT2D eigenvalue weighted by Gasteiger charge is -2.02. The quantitative estimate of drug-likeness (QED) is 0.612. The largest absolute Gasteiger partial charge is 0.461 e. The number of thiophene rings is 1. The van der Waals surface area contributed by atoms with Crippen LogP contribution in [-0.2, 0) is 4.74 Å². The summed E-state index contributed by atoms with van der Waals surface area (Å²) in [5.74, 6) is -0.460. The first-order valence-electron chi connectivity index (χ1n) is 4.72. The molecule has 0 aliphatic rings. The number of carbonyl (C=O) groups is 1. The van der Waals surface area contributed by atoms with E-state index in [0.29, 0.717) is 12.1 Å². The maximum atomic E-state index is 11.7. The van der Waals surface area contributed by atoms with Crippen LogP contribution in [0.5, 0.6) is 0 Å². The zero-order valence-corrected chi connectivity index (χ0v) is 10.4. The topological polar surface area (TPSA) is 52.1 Å². The van der Waals surface area contributed by atoms with Gasteiger partial charge in [0.15, 0.2) is 5.69 Å². The zero-order chi connectivity index (χ0) is 11.7. The van der Waals surface area contributed by atoms with E-state index in [0.717, 1.165) is 10.3 Å². The molecule has 0 atom stereocenters. The Morgan fingerprint density at radius 1 is 1.56 bits per heavy atom. The number of nitrogens with zero attached hydrogens (tertiary/aromatic N) is 2. The Morgan fingerprint density at radius 3 is 3.00 bits per heavy atom. The van der Waals surface area contributed by atoms with Gasteiger partial charge in [-0.15, -0.1) is 11.3 Å². The van der Waals surface area contributed by atoms with Gasteiger partial charge in [-0.3, -0.25) is 0 Å². The van der Waals surface area contributed by atoms with Crippen LogP contribution in [0.4, 0.5) is 0 Å². The van der Waals surface area contributed by atoms with Gasteiger partial charge in [-0.2, -0.15) is 0 Å². The van der Waals surface area contributed by atoms with Gasteiger partial charge in [0.05, 0.1) is 16.8 Å². The van der Waals surface area contributed by atoms with Crippen molar-refractivity contribution in [1.29, 1.82) is 0 Å². The van der Waals surface area contributed by atoms with Crippen molar-refractivity contribution in [3.8, 4) is 0 Å². The molecule has 0 spiro atoms. The van der Waals surface area contributed by atoms with Crippen molar-refractivity contribution in [2.24, 2.45) is 0 Å². The molecule has 6 heteroatoms. The minimum absolute atomic E-state index is 0.0667. The molecule has 2 rings (SSSR count). The van der Waals surface area contributed by atoms with Gasteiger partial charge in [-0.25, -0.2) is 14.8 Å². The normalized spacial score (nSPS) is 10.7. The van der Waals surface area contributed by atoms with Crippen LogP contribution >= 0.6 is 22.9 Å². The van der Waals surface area contributed by atoms with E-state index in [1.165, 1.54) is 11.3 Å². The Hall–Kier alpha value is -1.20. The van der Waals surface area contributed by atoms with Crippen LogP contribution < -0.4 is 0 Å². The highest BCUT2D eigenvalue weighted by molar-refractivity contribution is 7.17. The predicted octanol–water partition coefficient (Wildman–Crippen LogP) is 2.83. The molecule has 16 heavy (non-hydrogen) atoms. The third-order valence-corrected chi connectivity index (χ3v) is 3.30. The predicted molar refractivity (Wildman–Crippen MR) is 63.1 cm³/mol. The fourth-order valence-electron chi connectivity index (χ4n) is 1.34. The number of fused-ring (bicyclic) bond motifs is 1. The smallest absolute Gasteiger partial charge is 0.358 e. The summed E-state index contributed by atoms with van der Waals surface area (Å²) in [5.41, 5.74) is 1.94. The van der Waals surface area contributed by atoms with Crippen LogP contribution in [-0.4, -0.2) is 22.5 Å². The molecule has 0 saturated carbocycles. The Bertz CT molecular complexity index is 553. The molecule has 84 valence electrons. The second-order valence-corrected chi connectivity index (χ2v) is 4.38. The van der Waals surface area contributed by atoms with Gasteiger partial charge in [0.2, 0.25) is 5.28 Å². The monoisotopic (exact) mass is 256 g/mol. The van der Waals surface area contributed by atoms with Gasteiger partial charge in [0, 0.05) is 0 Å². The number of ether oxygens (including phenoxy) is 1. The number of aryl methyl sites for hydroxylation is 1. The van der Waals surface area contributed by atoms with Gasteiger partial charge in [-0.1, -0.05) is 0 Å². The van der Waals surface area contributed by atoms with Crippen molar-refractivity contribution in [1.82, 2.24) is 9.97 Å². The van der Waals surface area contributed by atoms with Crippen LogP contribution in [0.2, 0.25) is 5.28 Å². The molecule has 0 radical (unpaired) electrons. The van der Waals surface area contributed by atoms with Crippen molar-refractivity contribution >= 4 is 39.1 Å². The lowest BCUT2D eigenvalue weighted by atomic mass is 10.3. The molecule has 0 aliphatic carbocycles. The highest BCUT2D eigenvalue weighted by Gasteiger charge is 2.17. The average Bonchev–Trinajstić information content (AvgIpc) is 2.60. The molecule has 0 amide bonds. The van der Waals surface area contributed by atoms with Crippen molar-refractivity contribution in [3.63, 3.8) is 0 Å². The maximum absolute atomic E-state index is 11.7. The van der Waals surface area contributed by atoms with Gasteiger partial charge >= 0.3 is 5.97 Å². The Balaban J connectivity index is 2.64. The van der Waals surface area contributed by atoms with E-state index in [9.17, 15) is 4.79 Å². The van der Waals surface area contributed by atoms with Crippen LogP contribution in [0, 0.1) is 6.92 Å². The standard InChI is InChI=1S/C10H9ClN2O2S/c1-3-15-9(14)7-8-6(5(2)4-16-8)12-10(11)13-7/h4H,3H2,1-2H3. The van der Waals surface area contributed by atoms with Crippen molar-refractivity contribution in [3.05, 3.63) is 21.9 Å². The number of hydrogen-bond donors (Lipinski definition) is 0. The van der Waals surface area contributed by atoms with Crippen LogP contribution in [0.15, 0.2) is 5.38 Å². The van der Waals surface area contributed by atoms with Gasteiger partial charge < -0.3 is 4.74 Å². The van der Waals surface area contributed by atoms with E-state index in [1.807, 2.05) is 12.3 Å². The molecule has 0 saturated heterocycles. The number of halogens is 1. The van der Waals surface area contributed by atoms with E-state index in [-0.39, 0.29) is 11.0 Å². The lowest BCUT2D eigenvalue weighted by Crippen LogP contribution is -2.08. The van der Waals surface area contributed by atoms with Crippen molar-refractivity contribution < 1.29 is 9.53 Å². The molecule has 0 N–H and O–H groups in total. The third kappa shape index (κ3) is 1.88. The van der Waals surface area contributed by atoms with Gasteiger partial charge in [0.25, 0.3) is 0 Å². The molecule has 2 aromatic rings. The molecule has 0 aromatic carbocycles. The van der Waals surface area contributed by atoms with Crippen LogP contribution in [0.3, 0.4) is 0 Å². The molecule has 0 aliphatic heterocycles. The molecular weight excluding hydrogens is 248 g/mol. The van der Waals surface area contributed by atoms with E-state index in [1.54, 1.807) is 6.92 Å².